The number of esters is 2. The van der Waals surface area contributed by atoms with Gasteiger partial charge in [-0.3, -0.25) is 9.59 Å². The summed E-state index contributed by atoms with van der Waals surface area (Å²) < 4.78 is 10.8. The van der Waals surface area contributed by atoms with Gasteiger partial charge in [0.2, 0.25) is 0 Å². The number of carbonyl (C=O) groups is 2. The van der Waals surface area contributed by atoms with Crippen molar-refractivity contribution in [2.45, 2.75) is 84.7 Å². The molecule has 1 rings (SSSR count). The third-order valence-corrected chi connectivity index (χ3v) is 4.02. The van der Waals surface area contributed by atoms with Crippen LogP contribution in [-0.2, 0) is 20.7 Å². The Morgan fingerprint density at radius 3 is 2.40 bits per heavy atom. The number of hydrogen-bond donors (Lipinski definition) is 0. The smallest absolute Gasteiger partial charge is 0.311 e. The monoisotopic (exact) mass is 348 g/mol. The molecule has 0 aliphatic heterocycles. The summed E-state index contributed by atoms with van der Waals surface area (Å²) in [5.74, 6) is 0.0944. The largest absolute Gasteiger partial charge is 0.463 e. The molecular weight excluding hydrogens is 316 g/mol. The van der Waals surface area contributed by atoms with Crippen molar-refractivity contribution in [3.63, 3.8) is 0 Å². The fraction of sp³-hybridized carbons (Fsp3) is 0.619. The fourth-order valence-corrected chi connectivity index (χ4v) is 2.65. The van der Waals surface area contributed by atoms with Gasteiger partial charge in [0.15, 0.2) is 0 Å². The highest BCUT2D eigenvalue weighted by Crippen LogP contribution is 2.20. The minimum Gasteiger partial charge on any atom is -0.463 e. The fourth-order valence-electron chi connectivity index (χ4n) is 2.65. The van der Waals surface area contributed by atoms with Crippen LogP contribution in [0.5, 0.6) is 5.75 Å². The minimum absolute atomic E-state index is 0.0491. The molecule has 0 spiro atoms. The van der Waals surface area contributed by atoms with E-state index < -0.39 is 0 Å². The molecule has 0 aliphatic rings. The molecule has 0 aliphatic carbocycles. The van der Waals surface area contributed by atoms with E-state index in [4.69, 9.17) is 9.47 Å². The van der Waals surface area contributed by atoms with Crippen LogP contribution in [0.1, 0.15) is 77.7 Å². The molecule has 0 heterocycles. The third-order valence-electron chi connectivity index (χ3n) is 4.02. The predicted molar refractivity (Wildman–Crippen MR) is 99.6 cm³/mol. The number of carbonyl (C=O) groups excluding carboxylic acids is 2. The van der Waals surface area contributed by atoms with Crippen LogP contribution in [0.4, 0.5) is 0 Å². The Balaban J connectivity index is 2.27. The molecule has 140 valence electrons. The molecule has 4 heteroatoms. The maximum Gasteiger partial charge on any atom is 0.311 e. The molecular formula is C21H32O4. The molecule has 0 saturated heterocycles. The van der Waals surface area contributed by atoms with Crippen LogP contribution >= 0.6 is 0 Å². The third kappa shape index (κ3) is 9.28. The van der Waals surface area contributed by atoms with Crippen LogP contribution in [0, 0.1) is 0 Å². The van der Waals surface area contributed by atoms with Crippen molar-refractivity contribution in [2.75, 3.05) is 0 Å². The van der Waals surface area contributed by atoms with Crippen molar-refractivity contribution < 1.29 is 19.1 Å². The molecule has 0 aromatic heterocycles. The van der Waals surface area contributed by atoms with Crippen molar-refractivity contribution in [3.8, 4) is 5.75 Å². The van der Waals surface area contributed by atoms with Gasteiger partial charge in [-0.1, -0.05) is 51.3 Å². The first-order valence-electron chi connectivity index (χ1n) is 9.54. The topological polar surface area (TPSA) is 52.6 Å². The van der Waals surface area contributed by atoms with Crippen molar-refractivity contribution in [1.29, 1.82) is 0 Å². The lowest BCUT2D eigenvalue weighted by atomic mass is 10.1. The summed E-state index contributed by atoms with van der Waals surface area (Å²) in [6.45, 7) is 6.16. The van der Waals surface area contributed by atoms with E-state index in [2.05, 4.69) is 13.8 Å². The van der Waals surface area contributed by atoms with E-state index in [1.807, 2.05) is 31.2 Å². The summed E-state index contributed by atoms with van der Waals surface area (Å²) >= 11 is 0. The van der Waals surface area contributed by atoms with Crippen LogP contribution in [-0.4, -0.2) is 18.0 Å². The van der Waals surface area contributed by atoms with Crippen molar-refractivity contribution >= 4 is 11.9 Å². The number of benzene rings is 1. The van der Waals surface area contributed by atoms with E-state index in [1.165, 1.54) is 0 Å². The van der Waals surface area contributed by atoms with E-state index in [0.717, 1.165) is 44.1 Å². The summed E-state index contributed by atoms with van der Waals surface area (Å²) in [7, 11) is 0. The SMILES string of the molecule is CCCCCC(C)OC(=O)CCCC(=O)Oc1ccccc1CCC. The molecule has 0 radical (unpaired) electrons. The van der Waals surface area contributed by atoms with Crippen LogP contribution in [0.2, 0.25) is 0 Å². The molecule has 1 aromatic carbocycles. The van der Waals surface area contributed by atoms with E-state index >= 15 is 0 Å². The Labute approximate surface area is 151 Å². The highest BCUT2D eigenvalue weighted by molar-refractivity contribution is 5.74. The molecule has 1 atom stereocenters. The zero-order chi connectivity index (χ0) is 18.5. The van der Waals surface area contributed by atoms with Crippen LogP contribution in [0.25, 0.3) is 0 Å². The molecule has 0 bridgehead atoms. The highest BCUT2D eigenvalue weighted by atomic mass is 16.5. The normalized spacial score (nSPS) is 11.8. The summed E-state index contributed by atoms with van der Waals surface area (Å²) in [5.41, 5.74) is 1.04. The van der Waals surface area contributed by atoms with Crippen LogP contribution in [0.15, 0.2) is 24.3 Å². The second-order valence-corrected chi connectivity index (χ2v) is 6.48. The molecule has 0 N–H and O–H groups in total. The molecule has 0 saturated carbocycles. The Kier molecular flexibility index (Phi) is 10.6. The maximum atomic E-state index is 12.0. The summed E-state index contributed by atoms with van der Waals surface area (Å²) in [6.07, 6.45) is 7.05. The zero-order valence-corrected chi connectivity index (χ0v) is 15.9. The number of ether oxygens (including phenoxy) is 2. The average molecular weight is 348 g/mol. The van der Waals surface area contributed by atoms with Gasteiger partial charge in [-0.2, -0.15) is 0 Å². The molecule has 4 nitrogen and oxygen atoms in total. The number of aryl methyl sites for hydroxylation is 1. The van der Waals surface area contributed by atoms with E-state index in [-0.39, 0.29) is 30.9 Å². The Morgan fingerprint density at radius 1 is 0.960 bits per heavy atom. The lowest BCUT2D eigenvalue weighted by Crippen LogP contribution is -2.15. The van der Waals surface area contributed by atoms with Gasteiger partial charge in [-0.05, 0) is 44.2 Å². The maximum absolute atomic E-state index is 12.0. The first kappa shape index (κ1) is 21.2. The summed E-state index contributed by atoms with van der Waals surface area (Å²) in [6, 6.07) is 7.59. The lowest BCUT2D eigenvalue weighted by Gasteiger charge is -2.13. The minimum atomic E-state index is -0.299. The average Bonchev–Trinajstić information content (AvgIpc) is 2.57. The number of para-hydroxylation sites is 1. The molecule has 1 unspecified atom stereocenters. The number of unbranched alkanes of at least 4 members (excludes halogenated alkanes) is 2. The van der Waals surface area contributed by atoms with Crippen molar-refractivity contribution in [1.82, 2.24) is 0 Å². The van der Waals surface area contributed by atoms with E-state index in [1.54, 1.807) is 0 Å². The van der Waals surface area contributed by atoms with Gasteiger partial charge in [0.05, 0.1) is 6.10 Å². The Bertz CT molecular complexity index is 524. The van der Waals surface area contributed by atoms with Gasteiger partial charge in [0.1, 0.15) is 5.75 Å². The van der Waals surface area contributed by atoms with Crippen LogP contribution in [0.3, 0.4) is 0 Å². The Hall–Kier alpha value is -1.84. The molecule has 1 aromatic rings. The highest BCUT2D eigenvalue weighted by Gasteiger charge is 2.12. The molecule has 25 heavy (non-hydrogen) atoms. The standard InChI is InChI=1S/C21H32O4/c1-4-6-7-12-17(3)24-20(22)15-10-16-21(23)25-19-14-9-8-13-18(19)11-5-2/h8-9,13-14,17H,4-7,10-12,15-16H2,1-3H3. The molecule has 0 fully saturated rings. The second kappa shape index (κ2) is 12.5. The van der Waals surface area contributed by atoms with Gasteiger partial charge >= 0.3 is 11.9 Å². The van der Waals surface area contributed by atoms with Crippen molar-refractivity contribution in [2.24, 2.45) is 0 Å². The number of hydrogen-bond acceptors (Lipinski definition) is 4. The van der Waals surface area contributed by atoms with Gasteiger partial charge in [0, 0.05) is 12.8 Å². The Morgan fingerprint density at radius 2 is 1.68 bits per heavy atom. The second-order valence-electron chi connectivity index (χ2n) is 6.48. The van der Waals surface area contributed by atoms with Crippen LogP contribution < -0.4 is 4.74 Å². The van der Waals surface area contributed by atoms with Gasteiger partial charge in [-0.25, -0.2) is 0 Å². The van der Waals surface area contributed by atoms with Gasteiger partial charge < -0.3 is 9.47 Å². The number of rotatable bonds is 12. The zero-order valence-electron chi connectivity index (χ0n) is 15.9. The predicted octanol–water partition coefficient (Wildman–Crippen LogP) is 5.23. The van der Waals surface area contributed by atoms with Gasteiger partial charge in [-0.15, -0.1) is 0 Å². The quantitative estimate of drug-likeness (QED) is 0.295. The lowest BCUT2D eigenvalue weighted by molar-refractivity contribution is -0.148. The molecule has 0 amide bonds. The van der Waals surface area contributed by atoms with Gasteiger partial charge in [0.25, 0.3) is 0 Å². The summed E-state index contributed by atoms with van der Waals surface area (Å²) in [5, 5.41) is 0. The van der Waals surface area contributed by atoms with E-state index in [9.17, 15) is 9.59 Å². The van der Waals surface area contributed by atoms with Crippen molar-refractivity contribution in [3.05, 3.63) is 29.8 Å². The first-order valence-corrected chi connectivity index (χ1v) is 9.54. The first-order chi connectivity index (χ1) is 12.1. The van der Waals surface area contributed by atoms with E-state index in [0.29, 0.717) is 12.2 Å². The summed E-state index contributed by atoms with van der Waals surface area (Å²) in [4.78, 5) is 23.8.